The summed E-state index contributed by atoms with van der Waals surface area (Å²) >= 11 is 6.17. The second-order valence-corrected chi connectivity index (χ2v) is 14.2. The quantitative estimate of drug-likeness (QED) is 0.0993. The van der Waals surface area contributed by atoms with Crippen LogP contribution >= 0.6 is 27.6 Å². The fourth-order valence-electron chi connectivity index (χ4n) is 4.76. The number of carbonyl (C=O) groups excluding carboxylic acids is 2. The van der Waals surface area contributed by atoms with Gasteiger partial charge in [0, 0.05) is 35.6 Å². The molecule has 43 heavy (non-hydrogen) atoms. The number of unbranched alkanes of at least 4 members (excludes halogenated alkanes) is 1. The van der Waals surface area contributed by atoms with Crippen molar-refractivity contribution in [3.63, 3.8) is 0 Å². The molecular formula is C28H45ClN4O8P2. The number of ether oxygens (including phenoxy) is 1. The first-order chi connectivity index (χ1) is 20.4. The lowest BCUT2D eigenvalue weighted by molar-refractivity contribution is -0.121. The summed E-state index contributed by atoms with van der Waals surface area (Å²) in [5.41, 5.74) is 1.34. The van der Waals surface area contributed by atoms with Gasteiger partial charge in [0.25, 0.3) is 0 Å². The van der Waals surface area contributed by atoms with E-state index in [1.165, 1.54) is 0 Å². The molecule has 12 nitrogen and oxygen atoms in total. The van der Waals surface area contributed by atoms with Crippen LogP contribution in [0.5, 0.6) is 0 Å². The Balaban J connectivity index is 1.92. The summed E-state index contributed by atoms with van der Waals surface area (Å²) in [6.45, 7) is 9.42. The minimum Gasteiger partial charge on any atom is -0.449 e. The van der Waals surface area contributed by atoms with E-state index in [9.17, 15) is 33.7 Å². The molecule has 0 fully saturated rings. The Kier molecular flexibility index (Phi) is 16.3. The van der Waals surface area contributed by atoms with Crippen molar-refractivity contribution in [2.45, 2.75) is 77.2 Å². The summed E-state index contributed by atoms with van der Waals surface area (Å²) in [5, 5.41) is 2.56. The third-order valence-electron chi connectivity index (χ3n) is 7.21. The van der Waals surface area contributed by atoms with Gasteiger partial charge in [-0.25, -0.2) is 4.79 Å². The predicted molar refractivity (Wildman–Crippen MR) is 170 cm³/mol. The van der Waals surface area contributed by atoms with Crippen LogP contribution in [0.3, 0.4) is 0 Å². The third kappa shape index (κ3) is 12.6. The highest BCUT2D eigenvalue weighted by Crippen LogP contribution is 2.57. The molecule has 2 rings (SSSR count). The normalized spacial score (nSPS) is 13.3. The van der Waals surface area contributed by atoms with Gasteiger partial charge < -0.3 is 34.5 Å². The molecule has 2 aromatic rings. The third-order valence-corrected chi connectivity index (χ3v) is 10.8. The van der Waals surface area contributed by atoms with E-state index < -0.39 is 27.5 Å². The molecular weight excluding hydrogens is 618 g/mol. The molecule has 0 aliphatic carbocycles. The highest BCUT2D eigenvalue weighted by Gasteiger charge is 2.34. The van der Waals surface area contributed by atoms with Crippen LogP contribution < -0.4 is 10.2 Å². The number of hydrogen-bond acceptors (Lipinski definition) is 8. The van der Waals surface area contributed by atoms with Gasteiger partial charge in [0.1, 0.15) is 5.40 Å². The van der Waals surface area contributed by atoms with Crippen LogP contribution in [0.2, 0.25) is 5.02 Å². The zero-order valence-corrected chi connectivity index (χ0v) is 27.6. The topological polar surface area (TPSA) is 173 Å². The van der Waals surface area contributed by atoms with E-state index in [4.69, 9.17) is 16.3 Å². The van der Waals surface area contributed by atoms with Gasteiger partial charge in [0.05, 0.1) is 17.8 Å². The second kappa shape index (κ2) is 18.8. The van der Waals surface area contributed by atoms with Crippen molar-refractivity contribution < 1.29 is 38.5 Å². The number of halogens is 1. The summed E-state index contributed by atoms with van der Waals surface area (Å²) in [6, 6.07) is 6.98. The Morgan fingerprint density at radius 2 is 1.81 bits per heavy atom. The molecule has 0 saturated carbocycles. The Labute approximate surface area is 259 Å². The number of rotatable bonds is 19. The molecule has 242 valence electrons. The van der Waals surface area contributed by atoms with E-state index in [1.54, 1.807) is 29.3 Å². The molecule has 1 aromatic heterocycles. The first kappa shape index (κ1) is 37.3. The van der Waals surface area contributed by atoms with Crippen molar-refractivity contribution in [1.82, 2.24) is 15.2 Å². The first-order valence-electron chi connectivity index (χ1n) is 14.6. The van der Waals surface area contributed by atoms with Crippen LogP contribution in [0, 0.1) is 0 Å². The standard InChI is InChI=1S/C28H45ClN4O8P2/c1-4-32(5-2)18-8-10-21(3)33(25-15-17-30-24-20-22(29)13-14-23(24)25)28(35)41-19-9-11-26(34)31-16-7-6-12-27(42(36)37)43(38,39)40/h13-15,17,20-21,27,36-37H,4-12,16,18-19H2,1-3H3,(H,31,34)(H2,38,39,40). The van der Waals surface area contributed by atoms with Crippen molar-refractivity contribution >= 4 is 56.2 Å². The van der Waals surface area contributed by atoms with Crippen molar-refractivity contribution in [3.05, 3.63) is 35.5 Å². The van der Waals surface area contributed by atoms with Crippen molar-refractivity contribution in [3.8, 4) is 0 Å². The average molecular weight is 663 g/mol. The molecule has 2 unspecified atom stereocenters. The number of nitrogens with zero attached hydrogens (tertiary/aromatic N) is 3. The molecule has 15 heteroatoms. The summed E-state index contributed by atoms with van der Waals surface area (Å²) in [6.07, 6.45) is 3.92. The summed E-state index contributed by atoms with van der Waals surface area (Å²) in [5.74, 6) is -0.243. The Hall–Kier alpha value is -1.88. The molecule has 0 saturated heterocycles. The van der Waals surface area contributed by atoms with Gasteiger partial charge in [-0.2, -0.15) is 0 Å². The summed E-state index contributed by atoms with van der Waals surface area (Å²) in [7, 11) is -7.35. The van der Waals surface area contributed by atoms with Crippen LogP contribution in [0.4, 0.5) is 10.5 Å². The van der Waals surface area contributed by atoms with Gasteiger partial charge in [-0.15, -0.1) is 0 Å². The number of pyridine rings is 1. The van der Waals surface area contributed by atoms with E-state index in [2.05, 4.69) is 29.0 Å². The minimum atomic E-state index is -4.60. The van der Waals surface area contributed by atoms with Gasteiger partial charge in [-0.3, -0.25) is 19.2 Å². The first-order valence-corrected chi connectivity index (χ1v) is 18.0. The van der Waals surface area contributed by atoms with E-state index >= 15 is 0 Å². The number of carbonyl (C=O) groups is 2. The van der Waals surface area contributed by atoms with E-state index in [-0.39, 0.29) is 37.9 Å². The Morgan fingerprint density at radius 3 is 2.47 bits per heavy atom. The van der Waals surface area contributed by atoms with Crippen molar-refractivity contribution in [2.75, 3.05) is 37.7 Å². The van der Waals surface area contributed by atoms with Crippen LogP contribution in [-0.4, -0.2) is 85.7 Å². The van der Waals surface area contributed by atoms with Gasteiger partial charge in [0.2, 0.25) is 5.91 Å². The van der Waals surface area contributed by atoms with Crippen molar-refractivity contribution in [2.24, 2.45) is 0 Å². The molecule has 1 aromatic carbocycles. The molecule has 0 radical (unpaired) electrons. The minimum absolute atomic E-state index is 0.0459. The maximum Gasteiger partial charge on any atom is 0.414 e. The molecule has 0 bridgehead atoms. The number of nitrogens with one attached hydrogen (secondary N) is 1. The highest BCUT2D eigenvalue weighted by atomic mass is 35.5. The van der Waals surface area contributed by atoms with Gasteiger partial charge in [0.15, 0.2) is 8.38 Å². The number of anilines is 1. The number of hydrogen-bond donors (Lipinski definition) is 5. The Bertz CT molecular complexity index is 1210. The zero-order valence-electron chi connectivity index (χ0n) is 25.1. The zero-order chi connectivity index (χ0) is 32.0. The predicted octanol–water partition coefficient (Wildman–Crippen LogP) is 5.21. The second-order valence-electron chi connectivity index (χ2n) is 10.3. The van der Waals surface area contributed by atoms with Crippen LogP contribution in [0.25, 0.3) is 10.9 Å². The van der Waals surface area contributed by atoms with E-state index in [0.29, 0.717) is 35.5 Å². The number of fused-ring (bicyclic) bond motifs is 1. The fraction of sp³-hybridized carbons (Fsp3) is 0.607. The molecule has 0 aliphatic rings. The van der Waals surface area contributed by atoms with Gasteiger partial charge in [-0.1, -0.05) is 31.9 Å². The van der Waals surface area contributed by atoms with Gasteiger partial charge in [-0.05, 0) is 82.9 Å². The molecule has 5 N–H and O–H groups in total. The SMILES string of the molecule is CCN(CC)CCCC(C)N(C(=O)OCCCC(=O)NCCCCC(P(O)O)P(=O)(O)O)c1ccnc2cc(Cl)ccc12. The van der Waals surface area contributed by atoms with E-state index in [0.717, 1.165) is 37.9 Å². The molecule has 0 aliphatic heterocycles. The Morgan fingerprint density at radius 1 is 1.09 bits per heavy atom. The maximum atomic E-state index is 13.4. The molecule has 0 spiro atoms. The molecule has 2 atom stereocenters. The summed E-state index contributed by atoms with van der Waals surface area (Å²) < 4.78 is 17.0. The monoisotopic (exact) mass is 662 g/mol. The lowest BCUT2D eigenvalue weighted by atomic mass is 10.1. The van der Waals surface area contributed by atoms with Crippen molar-refractivity contribution in [1.29, 1.82) is 0 Å². The van der Waals surface area contributed by atoms with E-state index in [1.807, 2.05) is 13.0 Å². The maximum absolute atomic E-state index is 13.4. The lowest BCUT2D eigenvalue weighted by Crippen LogP contribution is -2.40. The number of benzene rings is 1. The average Bonchev–Trinajstić information content (AvgIpc) is 2.94. The highest BCUT2D eigenvalue weighted by molar-refractivity contribution is 7.67. The lowest BCUT2D eigenvalue weighted by Gasteiger charge is -2.30. The molecule has 1 heterocycles. The fourth-order valence-corrected chi connectivity index (χ4v) is 6.93. The molecule has 2 amide bonds. The van der Waals surface area contributed by atoms with Crippen LogP contribution in [0.1, 0.15) is 65.7 Å². The van der Waals surface area contributed by atoms with Gasteiger partial charge >= 0.3 is 13.7 Å². The van der Waals surface area contributed by atoms with Crippen LogP contribution in [0.15, 0.2) is 30.5 Å². The number of aromatic nitrogens is 1. The van der Waals surface area contributed by atoms with Crippen LogP contribution in [-0.2, 0) is 14.1 Å². The summed E-state index contributed by atoms with van der Waals surface area (Å²) in [4.78, 5) is 70.9. The largest absolute Gasteiger partial charge is 0.449 e. The smallest absolute Gasteiger partial charge is 0.414 e. The number of amides is 2.